The highest BCUT2D eigenvalue weighted by Gasteiger charge is 2.13. The van der Waals surface area contributed by atoms with Crippen LogP contribution in [0.1, 0.15) is 27.7 Å². The Labute approximate surface area is 174 Å². The van der Waals surface area contributed by atoms with Crippen molar-refractivity contribution in [1.82, 2.24) is 9.80 Å². The maximum absolute atomic E-state index is 6.13. The Hall–Kier alpha value is -2.24. The van der Waals surface area contributed by atoms with Crippen LogP contribution in [0.15, 0.2) is 40.8 Å². The lowest BCUT2D eigenvalue weighted by atomic mass is 10.1. The van der Waals surface area contributed by atoms with E-state index in [1.807, 2.05) is 30.3 Å². The van der Waals surface area contributed by atoms with E-state index in [9.17, 15) is 0 Å². The summed E-state index contributed by atoms with van der Waals surface area (Å²) in [6.07, 6.45) is 0. The molecule has 3 rings (SSSR count). The van der Waals surface area contributed by atoms with Gasteiger partial charge in [0, 0.05) is 24.5 Å². The molecule has 1 aromatic heterocycles. The molecule has 0 unspecified atom stereocenters. The van der Waals surface area contributed by atoms with Gasteiger partial charge in [-0.05, 0) is 50.4 Å². The quantitative estimate of drug-likeness (QED) is 0.428. The van der Waals surface area contributed by atoms with Crippen molar-refractivity contribution in [3.8, 4) is 11.5 Å². The van der Waals surface area contributed by atoms with Gasteiger partial charge in [0.15, 0.2) is 0 Å². The van der Waals surface area contributed by atoms with Crippen molar-refractivity contribution in [2.24, 2.45) is 0 Å². The molecule has 0 bridgehead atoms. The second-order valence-corrected chi connectivity index (χ2v) is 7.14. The number of nitrogens with zero attached hydrogens (tertiary/aromatic N) is 2. The van der Waals surface area contributed by atoms with Crippen LogP contribution in [0, 0.1) is 0 Å². The molecule has 3 aromatic rings. The molecule has 0 spiro atoms. The maximum atomic E-state index is 6.13. The molecule has 29 heavy (non-hydrogen) atoms. The van der Waals surface area contributed by atoms with Gasteiger partial charge in [-0.25, -0.2) is 0 Å². The van der Waals surface area contributed by atoms with Crippen molar-refractivity contribution in [3.05, 3.63) is 36.4 Å². The van der Waals surface area contributed by atoms with Gasteiger partial charge in [0.2, 0.25) is 0 Å². The summed E-state index contributed by atoms with van der Waals surface area (Å²) >= 11 is 0. The van der Waals surface area contributed by atoms with Gasteiger partial charge in [0.1, 0.15) is 35.9 Å². The minimum atomic E-state index is 0.667. The monoisotopic (exact) mass is 398 g/mol. The number of hydrogen-bond acceptors (Lipinski definition) is 5. The molecule has 0 radical (unpaired) electrons. The molecule has 0 amide bonds. The molecular formula is C24H34N2O3. The first-order chi connectivity index (χ1) is 14.2. The van der Waals surface area contributed by atoms with Crippen molar-refractivity contribution in [1.29, 1.82) is 0 Å². The Morgan fingerprint density at radius 3 is 2.07 bits per heavy atom. The zero-order valence-corrected chi connectivity index (χ0v) is 18.2. The van der Waals surface area contributed by atoms with Gasteiger partial charge < -0.3 is 23.7 Å². The van der Waals surface area contributed by atoms with Crippen LogP contribution in [0.4, 0.5) is 0 Å². The molecule has 0 aliphatic carbocycles. The molecule has 1 heterocycles. The van der Waals surface area contributed by atoms with Crippen LogP contribution in [-0.2, 0) is 0 Å². The first-order valence-corrected chi connectivity index (χ1v) is 10.9. The number of fused-ring (bicyclic) bond motifs is 3. The van der Waals surface area contributed by atoms with E-state index in [4.69, 9.17) is 13.9 Å². The maximum Gasteiger partial charge on any atom is 0.139 e. The lowest BCUT2D eigenvalue weighted by Crippen LogP contribution is -2.27. The third kappa shape index (κ3) is 5.22. The lowest BCUT2D eigenvalue weighted by Gasteiger charge is -2.18. The average Bonchev–Trinajstić information content (AvgIpc) is 3.13. The minimum Gasteiger partial charge on any atom is -0.492 e. The average molecular weight is 399 g/mol. The fourth-order valence-corrected chi connectivity index (χ4v) is 3.64. The van der Waals surface area contributed by atoms with Gasteiger partial charge in [-0.15, -0.1) is 0 Å². The van der Waals surface area contributed by atoms with Gasteiger partial charge in [-0.1, -0.05) is 33.8 Å². The van der Waals surface area contributed by atoms with Gasteiger partial charge in [-0.3, -0.25) is 0 Å². The summed E-state index contributed by atoms with van der Waals surface area (Å²) in [5, 5.41) is 2.10. The Kier molecular flexibility index (Phi) is 7.78. The molecule has 158 valence electrons. The SMILES string of the molecule is CCN(CC)CCOc1ccc2c(c1)oc1cccc(OCCN(CC)CC)c12. The van der Waals surface area contributed by atoms with E-state index >= 15 is 0 Å². The number of ether oxygens (including phenoxy) is 2. The fraction of sp³-hybridized carbons (Fsp3) is 0.500. The Bertz CT molecular complexity index is 898. The molecule has 5 nitrogen and oxygen atoms in total. The lowest BCUT2D eigenvalue weighted by molar-refractivity contribution is 0.223. The van der Waals surface area contributed by atoms with Crippen LogP contribution >= 0.6 is 0 Å². The molecule has 5 heteroatoms. The van der Waals surface area contributed by atoms with Gasteiger partial charge in [0.05, 0.1) is 5.39 Å². The zero-order chi connectivity index (χ0) is 20.6. The molecule has 0 atom stereocenters. The summed E-state index contributed by atoms with van der Waals surface area (Å²) < 4.78 is 18.2. The topological polar surface area (TPSA) is 38.1 Å². The van der Waals surface area contributed by atoms with Crippen LogP contribution in [0.5, 0.6) is 11.5 Å². The van der Waals surface area contributed by atoms with E-state index < -0.39 is 0 Å². The normalized spacial score (nSPS) is 11.8. The van der Waals surface area contributed by atoms with E-state index in [2.05, 4.69) is 43.6 Å². The Balaban J connectivity index is 1.74. The predicted octanol–water partition coefficient (Wildman–Crippen LogP) is 5.03. The molecule has 0 aliphatic rings. The molecular weight excluding hydrogens is 364 g/mol. The van der Waals surface area contributed by atoms with E-state index in [0.717, 1.165) is 72.7 Å². The first kappa shape index (κ1) is 21.5. The van der Waals surface area contributed by atoms with E-state index in [-0.39, 0.29) is 0 Å². The minimum absolute atomic E-state index is 0.667. The fourth-order valence-electron chi connectivity index (χ4n) is 3.64. The second kappa shape index (κ2) is 10.5. The number of likely N-dealkylation sites (N-methyl/N-ethyl adjacent to an activating group) is 2. The number of benzene rings is 2. The molecule has 0 saturated carbocycles. The third-order valence-electron chi connectivity index (χ3n) is 5.56. The van der Waals surface area contributed by atoms with Crippen LogP contribution in [-0.4, -0.2) is 62.3 Å². The highest BCUT2D eigenvalue weighted by atomic mass is 16.5. The summed E-state index contributed by atoms with van der Waals surface area (Å²) in [6, 6.07) is 12.1. The van der Waals surface area contributed by atoms with Crippen LogP contribution in [0.2, 0.25) is 0 Å². The number of furan rings is 1. The molecule has 2 aromatic carbocycles. The summed E-state index contributed by atoms with van der Waals surface area (Å²) in [7, 11) is 0. The summed E-state index contributed by atoms with van der Waals surface area (Å²) in [5.41, 5.74) is 1.68. The van der Waals surface area contributed by atoms with Crippen molar-refractivity contribution in [3.63, 3.8) is 0 Å². The van der Waals surface area contributed by atoms with E-state index in [0.29, 0.717) is 13.2 Å². The van der Waals surface area contributed by atoms with Crippen molar-refractivity contribution >= 4 is 21.9 Å². The molecule has 0 fully saturated rings. The summed E-state index contributed by atoms with van der Waals surface area (Å²) in [6.45, 7) is 16.0. The zero-order valence-electron chi connectivity index (χ0n) is 18.2. The first-order valence-electron chi connectivity index (χ1n) is 10.9. The van der Waals surface area contributed by atoms with E-state index in [1.165, 1.54) is 0 Å². The smallest absolute Gasteiger partial charge is 0.139 e. The van der Waals surface area contributed by atoms with Crippen molar-refractivity contribution in [2.75, 3.05) is 52.5 Å². The standard InChI is InChI=1S/C24H34N2O3/c1-5-25(6-2)14-16-27-19-12-13-20-23(18-19)29-22-11-9-10-21(24(20)22)28-17-15-26(7-3)8-4/h9-13,18H,5-8,14-17H2,1-4H3. The molecule has 0 N–H and O–H groups in total. The van der Waals surface area contributed by atoms with E-state index in [1.54, 1.807) is 0 Å². The second-order valence-electron chi connectivity index (χ2n) is 7.14. The van der Waals surface area contributed by atoms with Gasteiger partial charge in [0.25, 0.3) is 0 Å². The highest BCUT2D eigenvalue weighted by molar-refractivity contribution is 6.08. The van der Waals surface area contributed by atoms with Crippen molar-refractivity contribution in [2.45, 2.75) is 27.7 Å². The Morgan fingerprint density at radius 2 is 1.41 bits per heavy atom. The highest BCUT2D eigenvalue weighted by Crippen LogP contribution is 2.37. The summed E-state index contributed by atoms with van der Waals surface area (Å²) in [5.74, 6) is 1.72. The summed E-state index contributed by atoms with van der Waals surface area (Å²) in [4.78, 5) is 4.71. The predicted molar refractivity (Wildman–Crippen MR) is 120 cm³/mol. The molecule has 0 aliphatic heterocycles. The van der Waals surface area contributed by atoms with Gasteiger partial charge >= 0.3 is 0 Å². The van der Waals surface area contributed by atoms with Crippen molar-refractivity contribution < 1.29 is 13.9 Å². The van der Waals surface area contributed by atoms with Gasteiger partial charge in [-0.2, -0.15) is 0 Å². The number of hydrogen-bond donors (Lipinski definition) is 0. The molecule has 0 saturated heterocycles. The largest absolute Gasteiger partial charge is 0.492 e. The third-order valence-corrected chi connectivity index (χ3v) is 5.56. The van der Waals surface area contributed by atoms with Crippen LogP contribution in [0.25, 0.3) is 21.9 Å². The van der Waals surface area contributed by atoms with Crippen LogP contribution < -0.4 is 9.47 Å². The Morgan fingerprint density at radius 1 is 0.759 bits per heavy atom. The van der Waals surface area contributed by atoms with Crippen LogP contribution in [0.3, 0.4) is 0 Å². The number of rotatable bonds is 12.